The van der Waals surface area contributed by atoms with Gasteiger partial charge < -0.3 is 19.0 Å². The number of carbonyl (C=O) groups is 1. The van der Waals surface area contributed by atoms with Crippen molar-refractivity contribution in [1.82, 2.24) is 0 Å². The van der Waals surface area contributed by atoms with Crippen LogP contribution in [0.3, 0.4) is 0 Å². The van der Waals surface area contributed by atoms with Crippen molar-refractivity contribution in [3.05, 3.63) is 23.7 Å². The van der Waals surface area contributed by atoms with Gasteiger partial charge in [-0.2, -0.15) is 0 Å². The highest BCUT2D eigenvalue weighted by Gasteiger charge is 2.13. The molecule has 1 N–H and O–H groups in total. The van der Waals surface area contributed by atoms with E-state index in [4.69, 9.17) is 19.0 Å². The average molecular weight is 214 g/mol. The summed E-state index contributed by atoms with van der Waals surface area (Å²) >= 11 is 0. The largest absolute Gasteiger partial charge is 0.475 e. The summed E-state index contributed by atoms with van der Waals surface area (Å²) in [5, 5.41) is 8.73. The summed E-state index contributed by atoms with van der Waals surface area (Å²) in [6.07, 6.45) is 2.13. The molecule has 0 atom stereocenters. The molecular formula is C10H14O5. The predicted octanol–water partition coefficient (Wildman–Crippen LogP) is 1.53. The molecule has 0 fully saturated rings. The van der Waals surface area contributed by atoms with Crippen LogP contribution in [0.15, 0.2) is 16.7 Å². The predicted molar refractivity (Wildman–Crippen MR) is 51.8 cm³/mol. The van der Waals surface area contributed by atoms with E-state index in [-0.39, 0.29) is 12.4 Å². The van der Waals surface area contributed by atoms with E-state index in [0.29, 0.717) is 18.8 Å². The Labute approximate surface area is 87.6 Å². The minimum absolute atomic E-state index is 0.0539. The van der Waals surface area contributed by atoms with Crippen LogP contribution in [0.1, 0.15) is 22.5 Å². The fourth-order valence-corrected chi connectivity index (χ4v) is 1.12. The average Bonchev–Trinajstić information content (AvgIpc) is 2.66. The van der Waals surface area contributed by atoms with Crippen LogP contribution in [0.5, 0.6) is 0 Å². The van der Waals surface area contributed by atoms with Gasteiger partial charge in [-0.1, -0.05) is 0 Å². The quantitative estimate of drug-likeness (QED) is 0.697. The molecule has 5 nitrogen and oxygen atoms in total. The van der Waals surface area contributed by atoms with Crippen molar-refractivity contribution in [1.29, 1.82) is 0 Å². The topological polar surface area (TPSA) is 68.9 Å². The van der Waals surface area contributed by atoms with Gasteiger partial charge in [-0.15, -0.1) is 0 Å². The fourth-order valence-electron chi connectivity index (χ4n) is 1.12. The van der Waals surface area contributed by atoms with Gasteiger partial charge in [-0.05, 0) is 12.5 Å². The first-order valence-corrected chi connectivity index (χ1v) is 4.62. The zero-order valence-electron chi connectivity index (χ0n) is 8.56. The number of carboxylic acid groups (broad SMARTS) is 1. The summed E-state index contributed by atoms with van der Waals surface area (Å²) in [7, 11) is 1.62. The van der Waals surface area contributed by atoms with E-state index in [1.807, 2.05) is 0 Å². The smallest absolute Gasteiger partial charge is 0.372 e. The molecule has 0 aliphatic carbocycles. The minimum atomic E-state index is -1.07. The molecule has 0 radical (unpaired) electrons. The lowest BCUT2D eigenvalue weighted by atomic mass is 10.2. The molecule has 1 aromatic heterocycles. The van der Waals surface area contributed by atoms with Crippen LogP contribution >= 0.6 is 0 Å². The number of rotatable bonds is 7. The Hall–Kier alpha value is -1.33. The SMILES string of the molecule is COCCCOCc1ccoc1C(=O)O. The Kier molecular flexibility index (Phi) is 4.86. The summed E-state index contributed by atoms with van der Waals surface area (Å²) in [6, 6.07) is 1.60. The van der Waals surface area contributed by atoms with Gasteiger partial charge in [0.25, 0.3) is 0 Å². The summed E-state index contributed by atoms with van der Waals surface area (Å²) in [5.41, 5.74) is 0.555. The lowest BCUT2D eigenvalue weighted by Crippen LogP contribution is -2.03. The summed E-state index contributed by atoms with van der Waals surface area (Å²) in [5.74, 6) is -1.13. The number of methoxy groups -OCH3 is 1. The highest BCUT2D eigenvalue weighted by atomic mass is 16.5. The number of hydrogen-bond acceptors (Lipinski definition) is 4. The van der Waals surface area contributed by atoms with E-state index >= 15 is 0 Å². The van der Waals surface area contributed by atoms with Crippen LogP contribution in [0, 0.1) is 0 Å². The Morgan fingerprint density at radius 2 is 2.33 bits per heavy atom. The van der Waals surface area contributed by atoms with Crippen LogP contribution < -0.4 is 0 Å². The van der Waals surface area contributed by atoms with Crippen LogP contribution in [0.25, 0.3) is 0 Å². The highest BCUT2D eigenvalue weighted by Crippen LogP contribution is 2.11. The molecule has 0 aromatic carbocycles. The van der Waals surface area contributed by atoms with Gasteiger partial charge in [0.05, 0.1) is 12.9 Å². The second kappa shape index (κ2) is 6.21. The highest BCUT2D eigenvalue weighted by molar-refractivity contribution is 5.85. The van der Waals surface area contributed by atoms with E-state index in [1.54, 1.807) is 13.2 Å². The Bertz CT molecular complexity index is 305. The van der Waals surface area contributed by atoms with Crippen LogP contribution in [0.2, 0.25) is 0 Å². The summed E-state index contributed by atoms with van der Waals surface area (Å²) < 4.78 is 14.9. The number of aromatic carboxylic acids is 1. The van der Waals surface area contributed by atoms with Gasteiger partial charge in [0, 0.05) is 25.9 Å². The number of carboxylic acids is 1. The molecule has 0 aliphatic rings. The van der Waals surface area contributed by atoms with E-state index in [1.165, 1.54) is 6.26 Å². The van der Waals surface area contributed by atoms with E-state index in [0.717, 1.165) is 6.42 Å². The van der Waals surface area contributed by atoms with Crippen molar-refractivity contribution in [2.75, 3.05) is 20.3 Å². The molecule has 84 valence electrons. The van der Waals surface area contributed by atoms with Gasteiger partial charge in [0.1, 0.15) is 0 Å². The van der Waals surface area contributed by atoms with E-state index in [2.05, 4.69) is 0 Å². The number of hydrogen-bond donors (Lipinski definition) is 1. The maximum Gasteiger partial charge on any atom is 0.372 e. The molecule has 0 saturated carbocycles. The van der Waals surface area contributed by atoms with Gasteiger partial charge in [0.2, 0.25) is 5.76 Å². The van der Waals surface area contributed by atoms with Gasteiger partial charge in [-0.25, -0.2) is 4.79 Å². The van der Waals surface area contributed by atoms with Crippen molar-refractivity contribution in [3.8, 4) is 0 Å². The zero-order valence-corrected chi connectivity index (χ0v) is 8.56. The number of ether oxygens (including phenoxy) is 2. The lowest BCUT2D eigenvalue weighted by molar-refractivity contribution is 0.0643. The standard InChI is InChI=1S/C10H14O5/c1-13-4-2-5-14-7-8-3-6-15-9(8)10(11)12/h3,6H,2,4-5,7H2,1H3,(H,11,12). The zero-order chi connectivity index (χ0) is 11.1. The third-order valence-electron chi connectivity index (χ3n) is 1.84. The summed E-state index contributed by atoms with van der Waals surface area (Å²) in [6.45, 7) is 1.43. The third-order valence-corrected chi connectivity index (χ3v) is 1.84. The molecule has 1 aromatic rings. The summed E-state index contributed by atoms with van der Waals surface area (Å²) in [4.78, 5) is 10.6. The molecule has 0 aliphatic heterocycles. The van der Waals surface area contributed by atoms with E-state index < -0.39 is 5.97 Å². The number of furan rings is 1. The maximum atomic E-state index is 10.6. The maximum absolute atomic E-state index is 10.6. The Balaban J connectivity index is 2.31. The Morgan fingerprint density at radius 1 is 1.53 bits per heavy atom. The van der Waals surface area contributed by atoms with Crippen LogP contribution in [-0.2, 0) is 16.1 Å². The lowest BCUT2D eigenvalue weighted by Gasteiger charge is -2.02. The van der Waals surface area contributed by atoms with Crippen molar-refractivity contribution < 1.29 is 23.8 Å². The molecule has 0 bridgehead atoms. The molecule has 0 unspecified atom stereocenters. The molecule has 0 amide bonds. The van der Waals surface area contributed by atoms with E-state index in [9.17, 15) is 4.79 Å². The first-order chi connectivity index (χ1) is 7.25. The third kappa shape index (κ3) is 3.73. The van der Waals surface area contributed by atoms with Gasteiger partial charge in [0.15, 0.2) is 0 Å². The molecule has 1 heterocycles. The molecule has 0 saturated heterocycles. The van der Waals surface area contributed by atoms with Crippen molar-refractivity contribution in [2.24, 2.45) is 0 Å². The molecule has 0 spiro atoms. The van der Waals surface area contributed by atoms with Crippen LogP contribution in [0.4, 0.5) is 0 Å². The second-order valence-electron chi connectivity index (χ2n) is 2.98. The molecular weight excluding hydrogens is 200 g/mol. The molecule has 1 rings (SSSR count). The van der Waals surface area contributed by atoms with Gasteiger partial charge >= 0.3 is 5.97 Å². The van der Waals surface area contributed by atoms with Crippen molar-refractivity contribution in [2.45, 2.75) is 13.0 Å². The molecule has 5 heteroatoms. The van der Waals surface area contributed by atoms with Gasteiger partial charge in [-0.3, -0.25) is 0 Å². The van der Waals surface area contributed by atoms with Crippen molar-refractivity contribution >= 4 is 5.97 Å². The minimum Gasteiger partial charge on any atom is -0.475 e. The first kappa shape index (κ1) is 11.7. The monoisotopic (exact) mass is 214 g/mol. The fraction of sp³-hybridized carbons (Fsp3) is 0.500. The van der Waals surface area contributed by atoms with Crippen LogP contribution in [-0.4, -0.2) is 31.4 Å². The second-order valence-corrected chi connectivity index (χ2v) is 2.98. The molecule has 15 heavy (non-hydrogen) atoms. The first-order valence-electron chi connectivity index (χ1n) is 4.62. The van der Waals surface area contributed by atoms with Crippen molar-refractivity contribution in [3.63, 3.8) is 0 Å². The Morgan fingerprint density at radius 3 is 3.00 bits per heavy atom. The normalized spacial score (nSPS) is 10.5.